The first kappa shape index (κ1) is 17.5. The summed E-state index contributed by atoms with van der Waals surface area (Å²) < 4.78 is 11.9. The van der Waals surface area contributed by atoms with Crippen LogP contribution in [-0.2, 0) is 30.5 Å². The number of carbonyl (C=O) groups excluding carboxylic acids is 3. The lowest BCUT2D eigenvalue weighted by molar-refractivity contribution is -0.166. The zero-order chi connectivity index (χ0) is 18.0. The lowest BCUT2D eigenvalue weighted by Crippen LogP contribution is -2.55. The van der Waals surface area contributed by atoms with Crippen LogP contribution in [0.1, 0.15) is 18.9 Å². The molecule has 1 N–H and O–H groups in total. The largest absolute Gasteiger partial charge is 0.472 e. The minimum absolute atomic E-state index is 0.105. The van der Waals surface area contributed by atoms with Crippen LogP contribution < -0.4 is 5.32 Å². The summed E-state index contributed by atoms with van der Waals surface area (Å²) in [5, 5.41) is 2.60. The lowest BCUT2D eigenvalue weighted by atomic mass is 10.1. The molecule has 0 saturated carbocycles. The van der Waals surface area contributed by atoms with Crippen LogP contribution >= 0.6 is 15.9 Å². The Balaban J connectivity index is 1.67. The number of rotatable bonds is 5. The molecule has 2 atom stereocenters. The summed E-state index contributed by atoms with van der Waals surface area (Å²) in [5.41, 5.74) is 0.839. The van der Waals surface area contributed by atoms with Gasteiger partial charge in [-0.2, -0.15) is 0 Å². The number of amides is 2. The van der Waals surface area contributed by atoms with Gasteiger partial charge in [0.25, 0.3) is 0 Å². The van der Waals surface area contributed by atoms with E-state index in [1.165, 1.54) is 11.8 Å². The van der Waals surface area contributed by atoms with Crippen molar-refractivity contribution in [3.05, 3.63) is 46.1 Å². The van der Waals surface area contributed by atoms with Crippen LogP contribution in [0.25, 0.3) is 0 Å². The van der Waals surface area contributed by atoms with Crippen LogP contribution in [-0.4, -0.2) is 41.5 Å². The number of esters is 1. The Labute approximate surface area is 153 Å². The molecule has 132 valence electrons. The highest BCUT2D eigenvalue weighted by atomic mass is 79.9. The molecule has 2 amide bonds. The molecule has 0 radical (unpaired) electrons. The average Bonchev–Trinajstić information content (AvgIpc) is 2.86. The first-order valence-corrected chi connectivity index (χ1v) is 8.58. The SMILES string of the molecule is CC(=O)NCC=C1O[C@H]2CC(=O)N2[C@@H]1C(=O)OCc1ccc(Br)cc1. The summed E-state index contributed by atoms with van der Waals surface area (Å²) in [7, 11) is 0. The number of halogens is 1. The molecule has 25 heavy (non-hydrogen) atoms. The molecule has 3 rings (SSSR count). The number of ether oxygens (including phenoxy) is 2. The highest BCUT2D eigenvalue weighted by Gasteiger charge is 2.54. The van der Waals surface area contributed by atoms with E-state index in [0.29, 0.717) is 5.76 Å². The highest BCUT2D eigenvalue weighted by molar-refractivity contribution is 9.10. The predicted molar refractivity (Wildman–Crippen MR) is 90.8 cm³/mol. The molecular weight excluding hydrogens is 392 g/mol. The third-order valence-corrected chi connectivity index (χ3v) is 4.47. The third kappa shape index (κ3) is 3.84. The molecule has 0 aliphatic carbocycles. The number of benzene rings is 1. The number of hydrogen-bond donors (Lipinski definition) is 1. The average molecular weight is 409 g/mol. The molecule has 0 bridgehead atoms. The molecule has 0 aromatic heterocycles. The Morgan fingerprint density at radius 2 is 2.12 bits per heavy atom. The second-order valence-electron chi connectivity index (χ2n) is 5.76. The number of hydrogen-bond acceptors (Lipinski definition) is 5. The van der Waals surface area contributed by atoms with E-state index < -0.39 is 18.2 Å². The van der Waals surface area contributed by atoms with Crippen molar-refractivity contribution in [2.24, 2.45) is 0 Å². The molecule has 7 nitrogen and oxygen atoms in total. The fraction of sp³-hybridized carbons (Fsp3) is 0.353. The molecule has 2 heterocycles. The van der Waals surface area contributed by atoms with Crippen molar-refractivity contribution in [3.8, 4) is 0 Å². The normalized spacial score (nSPS) is 22.9. The van der Waals surface area contributed by atoms with Gasteiger partial charge in [0.2, 0.25) is 11.8 Å². The smallest absolute Gasteiger partial charge is 0.337 e. The number of nitrogens with zero attached hydrogens (tertiary/aromatic N) is 1. The maximum absolute atomic E-state index is 12.5. The Morgan fingerprint density at radius 1 is 1.40 bits per heavy atom. The first-order chi connectivity index (χ1) is 12.0. The Kier molecular flexibility index (Phi) is 5.08. The van der Waals surface area contributed by atoms with E-state index in [1.54, 1.807) is 6.08 Å². The van der Waals surface area contributed by atoms with Gasteiger partial charge in [0.15, 0.2) is 12.3 Å². The van der Waals surface area contributed by atoms with Gasteiger partial charge in [-0.1, -0.05) is 28.1 Å². The van der Waals surface area contributed by atoms with Crippen LogP contribution in [0.15, 0.2) is 40.6 Å². The van der Waals surface area contributed by atoms with E-state index >= 15 is 0 Å². The minimum Gasteiger partial charge on any atom is -0.472 e. The van der Waals surface area contributed by atoms with Gasteiger partial charge in [-0.3, -0.25) is 14.5 Å². The zero-order valence-electron chi connectivity index (χ0n) is 13.5. The van der Waals surface area contributed by atoms with E-state index in [9.17, 15) is 14.4 Å². The molecule has 8 heteroatoms. The van der Waals surface area contributed by atoms with Crippen molar-refractivity contribution in [1.82, 2.24) is 10.2 Å². The van der Waals surface area contributed by atoms with Crippen LogP contribution in [0, 0.1) is 0 Å². The fourth-order valence-corrected chi connectivity index (χ4v) is 2.93. The Bertz CT molecular complexity index is 731. The Hall–Kier alpha value is -2.35. The maximum atomic E-state index is 12.5. The number of fused-ring (bicyclic) bond motifs is 1. The molecule has 2 saturated heterocycles. The van der Waals surface area contributed by atoms with Crippen LogP contribution in [0.3, 0.4) is 0 Å². The summed E-state index contributed by atoms with van der Waals surface area (Å²) in [6.07, 6.45) is 1.41. The summed E-state index contributed by atoms with van der Waals surface area (Å²) in [6, 6.07) is 6.50. The maximum Gasteiger partial charge on any atom is 0.337 e. The Morgan fingerprint density at radius 3 is 2.76 bits per heavy atom. The van der Waals surface area contributed by atoms with Gasteiger partial charge >= 0.3 is 5.97 Å². The van der Waals surface area contributed by atoms with Crippen LogP contribution in [0.2, 0.25) is 0 Å². The number of β-lactam (4-membered cyclic amide) rings is 1. The van der Waals surface area contributed by atoms with Gasteiger partial charge in [-0.25, -0.2) is 4.79 Å². The molecule has 1 aromatic carbocycles. The van der Waals surface area contributed by atoms with Crippen molar-refractivity contribution >= 4 is 33.7 Å². The van der Waals surface area contributed by atoms with Crippen LogP contribution in [0.4, 0.5) is 0 Å². The zero-order valence-corrected chi connectivity index (χ0v) is 15.1. The van der Waals surface area contributed by atoms with E-state index in [1.807, 2.05) is 24.3 Å². The molecule has 0 unspecified atom stereocenters. The van der Waals surface area contributed by atoms with Crippen molar-refractivity contribution < 1.29 is 23.9 Å². The second-order valence-corrected chi connectivity index (χ2v) is 6.67. The van der Waals surface area contributed by atoms with Gasteiger partial charge in [-0.05, 0) is 23.8 Å². The lowest BCUT2D eigenvalue weighted by Gasteiger charge is -2.33. The molecule has 2 aliphatic rings. The summed E-state index contributed by atoms with van der Waals surface area (Å²) in [4.78, 5) is 36.6. The van der Waals surface area contributed by atoms with Gasteiger partial charge < -0.3 is 14.8 Å². The van der Waals surface area contributed by atoms with Crippen molar-refractivity contribution in [1.29, 1.82) is 0 Å². The van der Waals surface area contributed by atoms with Crippen molar-refractivity contribution in [2.75, 3.05) is 6.54 Å². The van der Waals surface area contributed by atoms with Gasteiger partial charge in [0.1, 0.15) is 12.4 Å². The fourth-order valence-electron chi connectivity index (χ4n) is 2.67. The van der Waals surface area contributed by atoms with Crippen LogP contribution in [0.5, 0.6) is 0 Å². The summed E-state index contributed by atoms with van der Waals surface area (Å²) >= 11 is 3.34. The monoisotopic (exact) mass is 408 g/mol. The van der Waals surface area contributed by atoms with E-state index in [2.05, 4.69) is 21.2 Å². The van der Waals surface area contributed by atoms with Gasteiger partial charge in [-0.15, -0.1) is 0 Å². The molecular formula is C17H17BrN2O5. The predicted octanol–water partition coefficient (Wildman–Crippen LogP) is 1.47. The number of nitrogens with one attached hydrogen (secondary N) is 1. The molecule has 0 spiro atoms. The van der Waals surface area contributed by atoms with Crippen molar-refractivity contribution in [3.63, 3.8) is 0 Å². The van der Waals surface area contributed by atoms with Gasteiger partial charge in [0.05, 0.1) is 6.42 Å². The standard InChI is InChI=1S/C17H17BrN2O5/c1-10(21)19-7-6-13-16(20-14(22)8-15(20)25-13)17(23)24-9-11-2-4-12(18)5-3-11/h2-6,15-16H,7-9H2,1H3,(H,19,21)/t15-,16-/m0/s1. The van der Waals surface area contributed by atoms with E-state index in [0.717, 1.165) is 10.0 Å². The first-order valence-electron chi connectivity index (χ1n) is 7.79. The second kappa shape index (κ2) is 7.26. The highest BCUT2D eigenvalue weighted by Crippen LogP contribution is 2.36. The topological polar surface area (TPSA) is 84.9 Å². The minimum atomic E-state index is -0.893. The summed E-state index contributed by atoms with van der Waals surface area (Å²) in [5.74, 6) is -0.556. The molecule has 1 aromatic rings. The quantitative estimate of drug-likeness (QED) is 0.588. The number of carbonyl (C=O) groups is 3. The summed E-state index contributed by atoms with van der Waals surface area (Å²) in [6.45, 7) is 1.72. The molecule has 2 fully saturated rings. The third-order valence-electron chi connectivity index (χ3n) is 3.94. The van der Waals surface area contributed by atoms with Crippen molar-refractivity contribution in [2.45, 2.75) is 32.2 Å². The van der Waals surface area contributed by atoms with E-state index in [4.69, 9.17) is 9.47 Å². The molecule has 2 aliphatic heterocycles. The van der Waals surface area contributed by atoms with Gasteiger partial charge in [0, 0.05) is 17.9 Å². The van der Waals surface area contributed by atoms with E-state index in [-0.39, 0.29) is 31.4 Å².